The molecule has 0 bridgehead atoms. The number of anilines is 1. The van der Waals surface area contributed by atoms with Crippen LogP contribution in [-0.2, 0) is 0 Å². The van der Waals surface area contributed by atoms with Crippen molar-refractivity contribution in [1.82, 2.24) is 0 Å². The van der Waals surface area contributed by atoms with Crippen LogP contribution in [0.1, 0.15) is 0 Å². The van der Waals surface area contributed by atoms with E-state index in [1.165, 1.54) is 12.1 Å². The van der Waals surface area contributed by atoms with Crippen LogP contribution >= 0.6 is 23.5 Å². The third-order valence-corrected chi connectivity index (χ3v) is 3.19. The smallest absolute Gasteiger partial charge is 0.410 e. The number of hydrogen-bond acceptors (Lipinski definition) is 5. The highest BCUT2D eigenvalue weighted by molar-refractivity contribution is 7.93. The Hall–Kier alpha value is -2.25. The minimum Gasteiger partial charge on any atom is -0.410 e. The second kappa shape index (κ2) is 6.96. The van der Waals surface area contributed by atoms with E-state index in [-0.39, 0.29) is 0 Å². The molecule has 2 aromatic rings. The van der Waals surface area contributed by atoms with Gasteiger partial charge in [0.25, 0.3) is 11.9 Å². The first kappa shape index (κ1) is 15.1. The van der Waals surface area contributed by atoms with E-state index in [4.69, 9.17) is 16.3 Å². The zero-order chi connectivity index (χ0) is 15.2. The van der Waals surface area contributed by atoms with Crippen LogP contribution < -0.4 is 10.1 Å². The lowest BCUT2D eigenvalue weighted by atomic mass is 10.3. The van der Waals surface area contributed by atoms with Crippen LogP contribution in [0.3, 0.4) is 0 Å². The summed E-state index contributed by atoms with van der Waals surface area (Å²) in [6.07, 6.45) is -0.660. The molecule has 1 amide bonds. The summed E-state index contributed by atoms with van der Waals surface area (Å²) in [5, 5.41) is 13.4. The molecule has 0 spiro atoms. The molecule has 2 rings (SSSR count). The first-order valence-corrected chi connectivity index (χ1v) is 6.85. The average Bonchev–Trinajstić information content (AvgIpc) is 2.43. The van der Waals surface area contributed by atoms with E-state index in [9.17, 15) is 14.9 Å². The Bertz CT molecular complexity index is 646. The van der Waals surface area contributed by atoms with Gasteiger partial charge in [-0.2, -0.15) is 0 Å². The maximum absolute atomic E-state index is 11.6. The monoisotopic (exact) mass is 324 g/mol. The summed E-state index contributed by atoms with van der Waals surface area (Å²) in [6, 6.07) is 12.5. The Morgan fingerprint density at radius 3 is 2.33 bits per heavy atom. The van der Waals surface area contributed by atoms with E-state index < -0.39 is 10.4 Å². The molecule has 0 aromatic heterocycles. The molecule has 0 heterocycles. The first-order valence-electron chi connectivity index (χ1n) is 5.70. The van der Waals surface area contributed by atoms with Crippen molar-refractivity contribution >= 4 is 35.3 Å². The van der Waals surface area contributed by atoms with Crippen LogP contribution in [0.4, 0.5) is 10.5 Å². The fourth-order valence-electron chi connectivity index (χ4n) is 1.44. The number of carbonyl (C=O) groups is 1. The van der Waals surface area contributed by atoms with Gasteiger partial charge in [0.1, 0.15) is 10.1 Å². The number of rotatable bonds is 4. The van der Waals surface area contributed by atoms with Crippen LogP contribution in [0.2, 0.25) is 5.02 Å². The molecule has 0 radical (unpaired) electrons. The second-order valence-corrected chi connectivity index (χ2v) is 5.20. The van der Waals surface area contributed by atoms with Crippen molar-refractivity contribution in [2.75, 3.05) is 5.32 Å². The largest absolute Gasteiger partial charge is 0.417 e. The van der Waals surface area contributed by atoms with Gasteiger partial charge in [-0.05, 0) is 48.5 Å². The van der Waals surface area contributed by atoms with Crippen molar-refractivity contribution in [3.05, 3.63) is 63.7 Å². The van der Waals surface area contributed by atoms with Crippen LogP contribution in [0, 0.1) is 10.1 Å². The van der Waals surface area contributed by atoms with Gasteiger partial charge in [0.2, 0.25) is 0 Å². The maximum atomic E-state index is 11.6. The minimum atomic E-state index is -0.660. The molecule has 0 aliphatic carbocycles. The van der Waals surface area contributed by atoms with E-state index in [1.807, 2.05) is 0 Å². The lowest BCUT2D eigenvalue weighted by Gasteiger charge is -2.06. The van der Waals surface area contributed by atoms with Gasteiger partial charge in [-0.1, -0.05) is 11.6 Å². The Labute approximate surface area is 129 Å². The van der Waals surface area contributed by atoms with E-state index in [0.717, 1.165) is 0 Å². The van der Waals surface area contributed by atoms with Crippen LogP contribution in [0.5, 0.6) is 5.75 Å². The Morgan fingerprint density at radius 2 is 1.76 bits per heavy atom. The summed E-state index contributed by atoms with van der Waals surface area (Å²) in [4.78, 5) is 22.4. The predicted molar refractivity (Wildman–Crippen MR) is 80.4 cm³/mol. The SMILES string of the molecule is O=C(Nc1ccc(S[N+](=O)[O-])cc1)Oc1ccc(Cl)cc1. The predicted octanol–water partition coefficient (Wildman–Crippen LogP) is 4.23. The molecule has 0 fully saturated rings. The Morgan fingerprint density at radius 1 is 1.14 bits per heavy atom. The zero-order valence-electron chi connectivity index (χ0n) is 10.5. The molecule has 0 unspecified atom stereocenters. The molecule has 0 aliphatic heterocycles. The quantitative estimate of drug-likeness (QED) is 0.517. The summed E-state index contributed by atoms with van der Waals surface area (Å²) in [5.41, 5.74) is 0.474. The lowest BCUT2D eigenvalue weighted by molar-refractivity contribution is -0.284. The van der Waals surface area contributed by atoms with Crippen molar-refractivity contribution in [2.45, 2.75) is 4.90 Å². The number of carbonyl (C=O) groups excluding carboxylic acids is 1. The fourth-order valence-corrected chi connectivity index (χ4v) is 1.99. The molecule has 0 aliphatic rings. The standard InChI is InChI=1S/C13H9ClN2O4S/c14-9-1-5-11(6-2-9)20-13(17)15-10-3-7-12(8-4-10)21-16(18)19/h1-8H,(H,15,17). The maximum Gasteiger partial charge on any atom is 0.417 e. The first-order chi connectivity index (χ1) is 10.0. The second-order valence-electron chi connectivity index (χ2n) is 3.81. The van der Waals surface area contributed by atoms with Gasteiger partial charge in [-0.25, -0.2) is 4.79 Å². The van der Waals surface area contributed by atoms with Gasteiger partial charge in [0, 0.05) is 10.7 Å². The number of ether oxygens (including phenoxy) is 1. The van der Waals surface area contributed by atoms with E-state index in [0.29, 0.717) is 33.3 Å². The molecule has 2 aromatic carbocycles. The number of benzene rings is 2. The van der Waals surface area contributed by atoms with Crippen LogP contribution in [0.15, 0.2) is 53.4 Å². The summed E-state index contributed by atoms with van der Waals surface area (Å²) in [6.45, 7) is 0. The van der Waals surface area contributed by atoms with Crippen molar-refractivity contribution in [3.8, 4) is 5.75 Å². The summed E-state index contributed by atoms with van der Waals surface area (Å²) in [5.74, 6) is 0.359. The van der Waals surface area contributed by atoms with E-state index >= 15 is 0 Å². The van der Waals surface area contributed by atoms with Crippen molar-refractivity contribution in [1.29, 1.82) is 0 Å². The van der Waals surface area contributed by atoms with Crippen molar-refractivity contribution in [3.63, 3.8) is 0 Å². The molecule has 0 saturated carbocycles. The van der Waals surface area contributed by atoms with Gasteiger partial charge in [-0.15, -0.1) is 0 Å². The molecule has 21 heavy (non-hydrogen) atoms. The number of hydrogen-bond donors (Lipinski definition) is 1. The molecular weight excluding hydrogens is 316 g/mol. The summed E-state index contributed by atoms with van der Waals surface area (Å²) >= 11 is 6.22. The van der Waals surface area contributed by atoms with Gasteiger partial charge >= 0.3 is 6.09 Å². The van der Waals surface area contributed by atoms with Crippen molar-refractivity contribution < 1.29 is 13.9 Å². The molecule has 0 saturated heterocycles. The minimum absolute atomic E-state index is 0.359. The van der Waals surface area contributed by atoms with Gasteiger partial charge in [0.05, 0.1) is 4.90 Å². The topological polar surface area (TPSA) is 81.5 Å². The zero-order valence-corrected chi connectivity index (χ0v) is 12.1. The van der Waals surface area contributed by atoms with Gasteiger partial charge in [0.15, 0.2) is 0 Å². The summed E-state index contributed by atoms with van der Waals surface area (Å²) < 4.78 is 4.54. The molecule has 1 N–H and O–H groups in total. The van der Waals surface area contributed by atoms with Crippen molar-refractivity contribution in [2.24, 2.45) is 0 Å². The third kappa shape index (κ3) is 4.97. The number of nitrogens with one attached hydrogen (secondary N) is 1. The molecular formula is C13H9ClN2O4S. The molecule has 108 valence electrons. The number of nitrogens with zero attached hydrogens (tertiary/aromatic N) is 1. The normalized spacial score (nSPS) is 9.95. The van der Waals surface area contributed by atoms with E-state index in [2.05, 4.69) is 5.32 Å². The Kier molecular flexibility index (Phi) is 5.02. The molecule has 6 nitrogen and oxygen atoms in total. The third-order valence-electron chi connectivity index (χ3n) is 2.30. The summed E-state index contributed by atoms with van der Waals surface area (Å²) in [7, 11) is 0. The van der Waals surface area contributed by atoms with Gasteiger partial charge in [-0.3, -0.25) is 15.4 Å². The van der Waals surface area contributed by atoms with Gasteiger partial charge < -0.3 is 4.74 Å². The highest BCUT2D eigenvalue weighted by atomic mass is 35.5. The molecule has 0 atom stereocenters. The number of amides is 1. The highest BCUT2D eigenvalue weighted by Gasteiger charge is 2.07. The average molecular weight is 325 g/mol. The lowest BCUT2D eigenvalue weighted by Crippen LogP contribution is -2.16. The highest BCUT2D eigenvalue weighted by Crippen LogP contribution is 2.21. The number of halogens is 1. The van der Waals surface area contributed by atoms with Crippen LogP contribution in [-0.4, -0.2) is 10.4 Å². The Balaban J connectivity index is 1.93. The number of nitro groups is 1. The fraction of sp³-hybridized carbons (Fsp3) is 0. The van der Waals surface area contributed by atoms with Crippen LogP contribution in [0.25, 0.3) is 0 Å². The van der Waals surface area contributed by atoms with E-state index in [1.54, 1.807) is 36.4 Å². The molecule has 8 heteroatoms.